The first-order valence-electron chi connectivity index (χ1n) is 5.63. The number of rotatable bonds is 6. The molecule has 1 rings (SSSR count). The highest BCUT2D eigenvalue weighted by Gasteiger charge is 2.17. The van der Waals surface area contributed by atoms with Gasteiger partial charge in [0.25, 0.3) is 0 Å². The number of aliphatic hydroxyl groups is 1. The molecule has 0 saturated heterocycles. The number of hydrogen-bond acceptors (Lipinski definition) is 4. The van der Waals surface area contributed by atoms with Crippen molar-refractivity contribution >= 4 is 21.8 Å². The number of aryl methyl sites for hydroxylation is 1. The van der Waals surface area contributed by atoms with E-state index in [0.717, 1.165) is 0 Å². The molecule has 0 heterocycles. The lowest BCUT2D eigenvalue weighted by Crippen LogP contribution is -2.30. The molecule has 0 fully saturated rings. The molecule has 1 aromatic carbocycles. The Morgan fingerprint density at radius 2 is 2.11 bits per heavy atom. The van der Waals surface area contributed by atoms with Crippen molar-refractivity contribution in [1.29, 1.82) is 0 Å². The minimum absolute atomic E-state index is 0.163. The van der Waals surface area contributed by atoms with Gasteiger partial charge in [0.15, 0.2) is 0 Å². The topological polar surface area (TPSA) is 66.4 Å². The van der Waals surface area contributed by atoms with Crippen LogP contribution in [0.1, 0.15) is 18.1 Å². The molecular formula is C12H19NO3S2. The SMILES string of the molecule is CSC(C)CNS(=O)(=O)c1cc(CO)ccc1C. The highest BCUT2D eigenvalue weighted by atomic mass is 32.2. The molecule has 0 radical (unpaired) electrons. The van der Waals surface area contributed by atoms with E-state index in [1.54, 1.807) is 30.8 Å². The largest absolute Gasteiger partial charge is 0.392 e. The van der Waals surface area contributed by atoms with Gasteiger partial charge >= 0.3 is 0 Å². The van der Waals surface area contributed by atoms with Crippen LogP contribution < -0.4 is 4.72 Å². The second-order valence-electron chi connectivity index (χ2n) is 4.16. The minimum Gasteiger partial charge on any atom is -0.392 e. The number of thioether (sulfide) groups is 1. The predicted octanol–water partition coefficient (Wildman–Crippen LogP) is 1.52. The maximum Gasteiger partial charge on any atom is 0.240 e. The summed E-state index contributed by atoms with van der Waals surface area (Å²) >= 11 is 1.61. The van der Waals surface area contributed by atoms with E-state index in [0.29, 0.717) is 17.7 Å². The fourth-order valence-electron chi connectivity index (χ4n) is 1.42. The van der Waals surface area contributed by atoms with Gasteiger partial charge < -0.3 is 5.11 Å². The monoisotopic (exact) mass is 289 g/mol. The smallest absolute Gasteiger partial charge is 0.240 e. The molecule has 2 N–H and O–H groups in total. The quantitative estimate of drug-likeness (QED) is 0.833. The Balaban J connectivity index is 2.97. The summed E-state index contributed by atoms with van der Waals surface area (Å²) in [7, 11) is -3.50. The van der Waals surface area contributed by atoms with Gasteiger partial charge in [0.05, 0.1) is 11.5 Å². The number of sulfonamides is 1. The van der Waals surface area contributed by atoms with E-state index in [1.165, 1.54) is 6.07 Å². The lowest BCUT2D eigenvalue weighted by atomic mass is 10.2. The third kappa shape index (κ3) is 3.98. The molecule has 1 unspecified atom stereocenters. The summed E-state index contributed by atoms with van der Waals surface area (Å²) in [6, 6.07) is 4.94. The van der Waals surface area contributed by atoms with Crippen molar-refractivity contribution in [3.8, 4) is 0 Å². The molecular weight excluding hydrogens is 270 g/mol. The summed E-state index contributed by atoms with van der Waals surface area (Å²) in [5.74, 6) is 0. The van der Waals surface area contributed by atoms with E-state index in [1.807, 2.05) is 13.2 Å². The Morgan fingerprint density at radius 1 is 1.44 bits per heavy atom. The van der Waals surface area contributed by atoms with Gasteiger partial charge in [0.1, 0.15) is 0 Å². The first-order valence-corrected chi connectivity index (χ1v) is 8.40. The highest BCUT2D eigenvalue weighted by molar-refractivity contribution is 7.99. The molecule has 18 heavy (non-hydrogen) atoms. The van der Waals surface area contributed by atoms with E-state index < -0.39 is 10.0 Å². The summed E-state index contributed by atoms with van der Waals surface area (Å²) in [5.41, 5.74) is 1.27. The van der Waals surface area contributed by atoms with Crippen LogP contribution in [0.25, 0.3) is 0 Å². The molecule has 6 heteroatoms. The zero-order chi connectivity index (χ0) is 13.8. The summed E-state index contributed by atoms with van der Waals surface area (Å²) in [4.78, 5) is 0.238. The van der Waals surface area contributed by atoms with Crippen LogP contribution >= 0.6 is 11.8 Å². The average molecular weight is 289 g/mol. The van der Waals surface area contributed by atoms with Crippen LogP contribution in [0.15, 0.2) is 23.1 Å². The lowest BCUT2D eigenvalue weighted by Gasteiger charge is -2.13. The molecule has 0 bridgehead atoms. The summed E-state index contributed by atoms with van der Waals surface area (Å²) < 4.78 is 26.9. The van der Waals surface area contributed by atoms with Crippen molar-refractivity contribution in [2.75, 3.05) is 12.8 Å². The average Bonchev–Trinajstić information content (AvgIpc) is 2.36. The lowest BCUT2D eigenvalue weighted by molar-refractivity contribution is 0.281. The molecule has 0 aromatic heterocycles. The van der Waals surface area contributed by atoms with Crippen LogP contribution in [-0.4, -0.2) is 31.6 Å². The van der Waals surface area contributed by atoms with Crippen LogP contribution in [-0.2, 0) is 16.6 Å². The van der Waals surface area contributed by atoms with Gasteiger partial charge in [-0.3, -0.25) is 0 Å². The van der Waals surface area contributed by atoms with Gasteiger partial charge in [-0.2, -0.15) is 11.8 Å². The number of hydrogen-bond donors (Lipinski definition) is 2. The standard InChI is InChI=1S/C12H19NO3S2/c1-9-4-5-11(8-14)6-12(9)18(15,16)13-7-10(2)17-3/h4-6,10,13-14H,7-8H2,1-3H3. The van der Waals surface area contributed by atoms with Crippen LogP contribution in [0.4, 0.5) is 0 Å². The maximum absolute atomic E-state index is 12.1. The molecule has 1 atom stereocenters. The first kappa shape index (κ1) is 15.5. The second kappa shape index (κ2) is 6.56. The third-order valence-corrected chi connectivity index (χ3v) is 5.22. The van der Waals surface area contributed by atoms with Crippen molar-refractivity contribution in [3.05, 3.63) is 29.3 Å². The van der Waals surface area contributed by atoms with E-state index in [2.05, 4.69) is 4.72 Å². The van der Waals surface area contributed by atoms with Gasteiger partial charge in [-0.1, -0.05) is 19.1 Å². The van der Waals surface area contributed by atoms with Crippen LogP contribution in [0, 0.1) is 6.92 Å². The molecule has 1 aromatic rings. The third-order valence-electron chi connectivity index (χ3n) is 2.69. The summed E-state index contributed by atoms with van der Waals surface area (Å²) in [6.07, 6.45) is 1.94. The highest BCUT2D eigenvalue weighted by Crippen LogP contribution is 2.17. The van der Waals surface area contributed by atoms with E-state index in [9.17, 15) is 8.42 Å². The summed E-state index contributed by atoms with van der Waals surface area (Å²) in [5, 5.41) is 9.28. The van der Waals surface area contributed by atoms with Crippen molar-refractivity contribution in [2.24, 2.45) is 0 Å². The Morgan fingerprint density at radius 3 is 2.67 bits per heavy atom. The fraction of sp³-hybridized carbons (Fsp3) is 0.500. The molecule has 0 amide bonds. The normalized spacial score (nSPS) is 13.6. The van der Waals surface area contributed by atoms with Gasteiger partial charge in [0.2, 0.25) is 10.0 Å². The van der Waals surface area contributed by atoms with Crippen molar-refractivity contribution < 1.29 is 13.5 Å². The van der Waals surface area contributed by atoms with Gasteiger partial charge in [-0.25, -0.2) is 13.1 Å². The molecule has 0 aliphatic rings. The maximum atomic E-state index is 12.1. The summed E-state index contributed by atoms with van der Waals surface area (Å²) in [6.45, 7) is 3.94. The van der Waals surface area contributed by atoms with Gasteiger partial charge in [-0.05, 0) is 30.4 Å². The van der Waals surface area contributed by atoms with E-state index in [4.69, 9.17) is 5.11 Å². The van der Waals surface area contributed by atoms with Crippen LogP contribution in [0.3, 0.4) is 0 Å². The van der Waals surface area contributed by atoms with Crippen molar-refractivity contribution in [2.45, 2.75) is 30.6 Å². The molecule has 0 spiro atoms. The Labute approximate surface area is 113 Å². The first-order chi connectivity index (χ1) is 8.40. The molecule has 4 nitrogen and oxygen atoms in total. The Hall–Kier alpha value is -0.560. The number of benzene rings is 1. The zero-order valence-corrected chi connectivity index (χ0v) is 12.4. The Bertz CT molecular complexity index is 500. The van der Waals surface area contributed by atoms with E-state index in [-0.39, 0.29) is 16.8 Å². The van der Waals surface area contributed by atoms with Crippen LogP contribution in [0.5, 0.6) is 0 Å². The fourth-order valence-corrected chi connectivity index (χ4v) is 3.20. The van der Waals surface area contributed by atoms with E-state index >= 15 is 0 Å². The zero-order valence-electron chi connectivity index (χ0n) is 10.8. The Kier molecular flexibility index (Phi) is 5.65. The second-order valence-corrected chi connectivity index (χ2v) is 7.17. The molecule has 102 valence electrons. The van der Waals surface area contributed by atoms with Crippen molar-refractivity contribution in [3.63, 3.8) is 0 Å². The molecule has 0 aliphatic heterocycles. The molecule has 0 aliphatic carbocycles. The van der Waals surface area contributed by atoms with Gasteiger partial charge in [-0.15, -0.1) is 0 Å². The van der Waals surface area contributed by atoms with Crippen molar-refractivity contribution in [1.82, 2.24) is 4.72 Å². The number of nitrogens with one attached hydrogen (secondary N) is 1. The molecule has 0 saturated carbocycles. The minimum atomic E-state index is -3.50. The number of aliphatic hydroxyl groups excluding tert-OH is 1. The van der Waals surface area contributed by atoms with Gasteiger partial charge in [0, 0.05) is 11.8 Å². The predicted molar refractivity (Wildman–Crippen MR) is 75.3 cm³/mol. The van der Waals surface area contributed by atoms with Crippen LogP contribution in [0.2, 0.25) is 0 Å².